The summed E-state index contributed by atoms with van der Waals surface area (Å²) in [5.41, 5.74) is 3.47. The van der Waals surface area contributed by atoms with Gasteiger partial charge in [0.05, 0.1) is 6.04 Å². The van der Waals surface area contributed by atoms with E-state index in [2.05, 4.69) is 27.6 Å². The molecule has 33 heavy (non-hydrogen) atoms. The summed E-state index contributed by atoms with van der Waals surface area (Å²) in [6.45, 7) is 6.62. The number of piperidine rings is 1. The van der Waals surface area contributed by atoms with Gasteiger partial charge in [-0.3, -0.25) is 4.79 Å². The zero-order valence-corrected chi connectivity index (χ0v) is 21.3. The highest BCUT2D eigenvalue weighted by Crippen LogP contribution is 2.37. The average Bonchev–Trinajstić information content (AvgIpc) is 3.67. The minimum absolute atomic E-state index is 0.268. The van der Waals surface area contributed by atoms with Crippen molar-refractivity contribution >= 4 is 34.9 Å². The Morgan fingerprint density at radius 2 is 1.61 bits per heavy atom. The van der Waals surface area contributed by atoms with Gasteiger partial charge in [-0.15, -0.1) is 0 Å². The van der Waals surface area contributed by atoms with Crippen molar-refractivity contribution in [2.24, 2.45) is 22.7 Å². The molecule has 1 unspecified atom stereocenters. The van der Waals surface area contributed by atoms with Gasteiger partial charge in [-0.05, 0) is 68.4 Å². The van der Waals surface area contributed by atoms with Crippen molar-refractivity contribution in [1.29, 1.82) is 0 Å². The maximum Gasteiger partial charge on any atom is 0.223 e. The summed E-state index contributed by atoms with van der Waals surface area (Å²) in [6.07, 6.45) is 5.39. The summed E-state index contributed by atoms with van der Waals surface area (Å²) in [5.74, 6) is 11.2. The molecule has 0 aromatic heterocycles. The van der Waals surface area contributed by atoms with Crippen LogP contribution in [0.25, 0.3) is 0 Å². The van der Waals surface area contributed by atoms with E-state index in [9.17, 15) is 4.79 Å². The number of carbonyl (C=O) groups is 1. The first-order valence-electron chi connectivity index (χ1n) is 11.4. The van der Waals surface area contributed by atoms with Crippen molar-refractivity contribution in [2.45, 2.75) is 58.9 Å². The largest absolute Gasteiger partial charge is 0.335 e. The topological polar surface area (TPSA) is 96.7 Å². The molecule has 1 aliphatic heterocycles. The van der Waals surface area contributed by atoms with E-state index >= 15 is 0 Å². The number of likely N-dealkylation sites (tertiary alicyclic amines) is 1. The van der Waals surface area contributed by atoms with Crippen LogP contribution in [0.4, 0.5) is 0 Å². The summed E-state index contributed by atoms with van der Waals surface area (Å²) in [6, 6.07) is 17.7. The van der Waals surface area contributed by atoms with Crippen LogP contribution in [-0.2, 0) is 4.79 Å². The molecule has 0 radical (unpaired) electrons. The number of hydrogen-bond acceptors (Lipinski definition) is 4. The second-order valence-electron chi connectivity index (χ2n) is 7.60. The lowest BCUT2D eigenvalue weighted by Gasteiger charge is -2.36. The summed E-state index contributed by atoms with van der Waals surface area (Å²) < 4.78 is 0. The van der Waals surface area contributed by atoms with Crippen molar-refractivity contribution in [2.75, 3.05) is 6.54 Å². The van der Waals surface area contributed by atoms with Crippen LogP contribution < -0.4 is 17.1 Å². The lowest BCUT2D eigenvalue weighted by atomic mass is 9.94. The molecule has 182 valence electrons. The quantitative estimate of drug-likeness (QED) is 0.214. The van der Waals surface area contributed by atoms with Crippen LogP contribution in [0.1, 0.15) is 64.5 Å². The molecule has 2 aromatic carbocycles. The molecule has 1 saturated carbocycles. The van der Waals surface area contributed by atoms with E-state index in [1.54, 1.807) is 6.92 Å². The minimum Gasteiger partial charge on any atom is -0.335 e. The molecule has 1 heterocycles. The highest BCUT2D eigenvalue weighted by Gasteiger charge is 2.33. The Balaban J connectivity index is 0.000000300. The van der Waals surface area contributed by atoms with E-state index in [0.29, 0.717) is 11.7 Å². The maximum absolute atomic E-state index is 12.1. The van der Waals surface area contributed by atoms with E-state index in [4.69, 9.17) is 34.9 Å². The molecule has 1 amide bonds. The van der Waals surface area contributed by atoms with Crippen molar-refractivity contribution < 1.29 is 4.79 Å². The van der Waals surface area contributed by atoms with Gasteiger partial charge in [0.2, 0.25) is 5.91 Å². The zero-order chi connectivity index (χ0) is 24.6. The number of amidine groups is 1. The van der Waals surface area contributed by atoms with Crippen molar-refractivity contribution in [3.05, 3.63) is 70.2 Å². The van der Waals surface area contributed by atoms with E-state index in [0.717, 1.165) is 41.8 Å². The first-order chi connectivity index (χ1) is 15.9. The highest BCUT2D eigenvalue weighted by molar-refractivity contribution is 6.30. The number of amides is 1. The number of halogens is 2. The van der Waals surface area contributed by atoms with Crippen LogP contribution in [0.3, 0.4) is 0 Å². The van der Waals surface area contributed by atoms with Crippen LogP contribution in [0.2, 0.25) is 10.0 Å². The fourth-order valence-electron chi connectivity index (χ4n) is 3.21. The Morgan fingerprint density at radius 3 is 2.03 bits per heavy atom. The second-order valence-corrected chi connectivity index (χ2v) is 8.48. The van der Waals surface area contributed by atoms with Crippen LogP contribution in [0.15, 0.2) is 59.7 Å². The average molecular weight is 495 g/mol. The standard InChI is InChI=1S/C15H18ClNO.C6H5Cl.C2H8N4.C2H6/c16-13-8-6-12(7-9-13)14-2-1-3-15(18)17(14)10-11-4-5-11;7-6-4-2-1-3-5-6;1-2(5-3)6-4;1-2/h6-9,11,14H,1-5,10H2;1-5H;3-4H2,1H3,(H,5,6);1-2H3. The Bertz CT molecular complexity index is 826. The third-order valence-electron chi connectivity index (χ3n) is 5.11. The molecule has 1 saturated heterocycles. The molecule has 2 aliphatic rings. The Kier molecular flexibility index (Phi) is 14.2. The van der Waals surface area contributed by atoms with Gasteiger partial charge in [-0.2, -0.15) is 5.10 Å². The number of benzene rings is 2. The van der Waals surface area contributed by atoms with Gasteiger partial charge in [-0.1, -0.05) is 67.4 Å². The monoisotopic (exact) mass is 493 g/mol. The molecule has 1 atom stereocenters. The molecule has 6 nitrogen and oxygen atoms in total. The molecule has 8 heteroatoms. The van der Waals surface area contributed by atoms with Crippen LogP contribution in [0.5, 0.6) is 0 Å². The summed E-state index contributed by atoms with van der Waals surface area (Å²) in [5, 5.41) is 4.74. The number of hydrazone groups is 1. The fraction of sp³-hybridized carbons (Fsp3) is 0.440. The molecule has 1 aliphatic carbocycles. The highest BCUT2D eigenvalue weighted by atomic mass is 35.5. The molecular formula is C25H37Cl2N5O. The third-order valence-corrected chi connectivity index (χ3v) is 5.61. The first kappa shape index (κ1) is 28.8. The molecular weight excluding hydrogens is 457 g/mol. The van der Waals surface area contributed by atoms with E-state index < -0.39 is 0 Å². The van der Waals surface area contributed by atoms with Gasteiger partial charge in [0.1, 0.15) is 5.84 Å². The number of carbonyl (C=O) groups excluding carboxylic acids is 1. The third kappa shape index (κ3) is 11.4. The van der Waals surface area contributed by atoms with Gasteiger partial charge < -0.3 is 16.2 Å². The predicted octanol–water partition coefficient (Wildman–Crippen LogP) is 5.91. The molecule has 2 fully saturated rings. The number of rotatable bonds is 3. The van der Waals surface area contributed by atoms with Crippen LogP contribution in [-0.4, -0.2) is 23.2 Å². The Labute approximate surface area is 208 Å². The van der Waals surface area contributed by atoms with E-state index in [1.165, 1.54) is 18.4 Å². The van der Waals surface area contributed by atoms with Gasteiger partial charge in [0.15, 0.2) is 0 Å². The van der Waals surface area contributed by atoms with Gasteiger partial charge in [0, 0.05) is 23.0 Å². The number of nitrogens with zero attached hydrogens (tertiary/aromatic N) is 2. The summed E-state index contributed by atoms with van der Waals surface area (Å²) in [7, 11) is 0. The van der Waals surface area contributed by atoms with Crippen molar-refractivity contribution in [3.63, 3.8) is 0 Å². The molecule has 2 aromatic rings. The number of nitrogens with one attached hydrogen (secondary N) is 1. The van der Waals surface area contributed by atoms with Crippen LogP contribution in [0, 0.1) is 5.92 Å². The van der Waals surface area contributed by atoms with Crippen LogP contribution >= 0.6 is 23.2 Å². The molecule has 5 N–H and O–H groups in total. The number of hydrazine groups is 1. The SMILES string of the molecule is C/C(=N/N)NN.CC.Clc1ccccc1.O=C1CCCC(c2ccc(Cl)cc2)N1CC1CC1. The summed E-state index contributed by atoms with van der Waals surface area (Å²) in [4.78, 5) is 14.2. The molecule has 0 bridgehead atoms. The van der Waals surface area contributed by atoms with E-state index in [-0.39, 0.29) is 6.04 Å². The summed E-state index contributed by atoms with van der Waals surface area (Å²) >= 11 is 11.5. The second kappa shape index (κ2) is 16.4. The molecule has 0 spiro atoms. The fourth-order valence-corrected chi connectivity index (χ4v) is 3.48. The number of hydrogen-bond donors (Lipinski definition) is 3. The van der Waals surface area contributed by atoms with E-state index in [1.807, 2.05) is 56.3 Å². The van der Waals surface area contributed by atoms with Gasteiger partial charge >= 0.3 is 0 Å². The predicted molar refractivity (Wildman–Crippen MR) is 140 cm³/mol. The normalized spacial score (nSPS) is 17.4. The van der Waals surface area contributed by atoms with Crippen molar-refractivity contribution in [1.82, 2.24) is 10.3 Å². The smallest absolute Gasteiger partial charge is 0.223 e. The van der Waals surface area contributed by atoms with Gasteiger partial charge in [-0.25, -0.2) is 5.84 Å². The lowest BCUT2D eigenvalue weighted by molar-refractivity contribution is -0.136. The lowest BCUT2D eigenvalue weighted by Crippen LogP contribution is -2.39. The molecule has 4 rings (SSSR count). The minimum atomic E-state index is 0.268. The van der Waals surface area contributed by atoms with Gasteiger partial charge in [0.25, 0.3) is 0 Å². The Hall–Kier alpha value is -2.28. The van der Waals surface area contributed by atoms with Crippen molar-refractivity contribution in [3.8, 4) is 0 Å². The zero-order valence-electron chi connectivity index (χ0n) is 19.8. The number of nitrogens with two attached hydrogens (primary N) is 2. The Morgan fingerprint density at radius 1 is 1.03 bits per heavy atom. The first-order valence-corrected chi connectivity index (χ1v) is 12.2. The maximum atomic E-state index is 12.1.